The van der Waals surface area contributed by atoms with E-state index in [1.54, 1.807) is 0 Å². The van der Waals surface area contributed by atoms with Gasteiger partial charge in [-0.1, -0.05) is 234 Å². The minimum Gasteiger partial charge on any atom is -0.309 e. The largest absolute Gasteiger partial charge is 0.309 e. The molecule has 11 rings (SSSR count). The van der Waals surface area contributed by atoms with E-state index in [0.717, 1.165) is 17.1 Å². The Balaban J connectivity index is 1.18. The number of hydrogen-bond acceptors (Lipinski definition) is 1. The normalized spacial score (nSPS) is 13.3. The Morgan fingerprint density at radius 1 is 0.295 bits per heavy atom. The third-order valence-electron chi connectivity index (χ3n) is 16.8. The van der Waals surface area contributed by atoms with Crippen LogP contribution in [0.25, 0.3) is 82.1 Å². The Hall–Kier alpha value is -7.16. The molecule has 2 heteroatoms. The molecule has 0 amide bonds. The molecule has 0 atom stereocenters. The summed E-state index contributed by atoms with van der Waals surface area (Å²) in [7, 11) is 0. The molecular formula is C76H82N2. The fourth-order valence-electron chi connectivity index (χ4n) is 11.8. The van der Waals surface area contributed by atoms with E-state index in [-0.39, 0.29) is 32.5 Å². The van der Waals surface area contributed by atoms with Gasteiger partial charge in [-0.15, -0.1) is 0 Å². The Morgan fingerprint density at radius 3 is 1.24 bits per heavy atom. The van der Waals surface area contributed by atoms with Crippen molar-refractivity contribution in [3.63, 3.8) is 0 Å². The van der Waals surface area contributed by atoms with Crippen molar-refractivity contribution in [1.82, 2.24) is 4.57 Å². The van der Waals surface area contributed by atoms with Crippen molar-refractivity contribution in [2.75, 3.05) is 4.90 Å². The predicted molar refractivity (Wildman–Crippen MR) is 342 cm³/mol. The highest BCUT2D eigenvalue weighted by Gasteiger charge is 2.29. The van der Waals surface area contributed by atoms with Crippen molar-refractivity contribution in [2.24, 2.45) is 0 Å². The summed E-state index contributed by atoms with van der Waals surface area (Å²) in [6.07, 6.45) is 0. The summed E-state index contributed by atoms with van der Waals surface area (Å²) in [6.45, 7) is 42.0. The van der Waals surface area contributed by atoms with Crippen LogP contribution in [0.4, 0.5) is 17.1 Å². The van der Waals surface area contributed by atoms with Crippen LogP contribution in [-0.4, -0.2) is 4.57 Å². The molecule has 0 aliphatic carbocycles. The van der Waals surface area contributed by atoms with Gasteiger partial charge in [-0.2, -0.15) is 0 Å². The van der Waals surface area contributed by atoms with Crippen LogP contribution >= 0.6 is 0 Å². The van der Waals surface area contributed by atoms with Gasteiger partial charge in [-0.25, -0.2) is 0 Å². The summed E-state index contributed by atoms with van der Waals surface area (Å²) in [4.78, 5) is 2.56. The molecule has 10 aromatic carbocycles. The highest BCUT2D eigenvalue weighted by atomic mass is 15.1. The first-order chi connectivity index (χ1) is 36.4. The van der Waals surface area contributed by atoms with E-state index in [0.29, 0.717) is 0 Å². The van der Waals surface area contributed by atoms with Crippen LogP contribution in [0.5, 0.6) is 0 Å². The van der Waals surface area contributed by atoms with Crippen LogP contribution in [0.3, 0.4) is 0 Å². The highest BCUT2D eigenvalue weighted by Crippen LogP contribution is 2.50. The Kier molecular flexibility index (Phi) is 12.3. The zero-order valence-electron chi connectivity index (χ0n) is 50.1. The van der Waals surface area contributed by atoms with Gasteiger partial charge in [0.15, 0.2) is 0 Å². The molecule has 396 valence electrons. The fraction of sp³-hybridized carbons (Fsp3) is 0.316. The Bertz CT molecular complexity index is 4010. The average Bonchev–Trinajstić information content (AvgIpc) is 3.77. The van der Waals surface area contributed by atoms with E-state index in [2.05, 4.69) is 304 Å². The minimum atomic E-state index is -0.0984. The Labute approximate surface area is 466 Å². The van der Waals surface area contributed by atoms with Crippen molar-refractivity contribution in [3.05, 3.63) is 203 Å². The average molecular weight is 1020 g/mol. The zero-order valence-corrected chi connectivity index (χ0v) is 50.1. The van der Waals surface area contributed by atoms with Crippen LogP contribution in [0, 0.1) is 0 Å². The maximum Gasteiger partial charge on any atom is 0.0543 e. The summed E-state index contributed by atoms with van der Waals surface area (Å²) in [5.41, 5.74) is 19.9. The first kappa shape index (κ1) is 52.9. The lowest BCUT2D eigenvalue weighted by atomic mass is 9.78. The van der Waals surface area contributed by atoms with Gasteiger partial charge < -0.3 is 9.47 Å². The van der Waals surface area contributed by atoms with Gasteiger partial charge in [0.05, 0.1) is 28.1 Å². The van der Waals surface area contributed by atoms with Crippen LogP contribution in [-0.2, 0) is 32.5 Å². The fourth-order valence-corrected chi connectivity index (χ4v) is 11.8. The lowest BCUT2D eigenvalue weighted by molar-refractivity contribution is 0.569. The second-order valence-electron chi connectivity index (χ2n) is 28.9. The molecule has 78 heavy (non-hydrogen) atoms. The number of hydrogen-bond donors (Lipinski definition) is 0. The maximum absolute atomic E-state index is 2.56. The zero-order chi connectivity index (χ0) is 55.8. The molecule has 0 saturated heterocycles. The molecule has 0 bridgehead atoms. The molecule has 0 saturated carbocycles. The SMILES string of the molecule is CC(C)(C)c1cc(-c2cc(C(C)(C)C)cc(C(C)(C)C)c2)cc(-c2ccc(C(C)(C)C)cc2N(c2ccccc2)c2ccc3ccc4c(-n5c6ccc(C(C)(C)C)cc6c6cc(C(C)(C)C)ccc65)ccc5ccc2c3c54)c1. The minimum absolute atomic E-state index is 0.00710. The van der Waals surface area contributed by atoms with Crippen LogP contribution in [0.1, 0.15) is 158 Å². The molecule has 0 spiro atoms. The van der Waals surface area contributed by atoms with E-state index in [4.69, 9.17) is 0 Å². The van der Waals surface area contributed by atoms with Gasteiger partial charge in [0.25, 0.3) is 0 Å². The van der Waals surface area contributed by atoms with Crippen molar-refractivity contribution in [3.8, 4) is 27.9 Å². The van der Waals surface area contributed by atoms with Crippen molar-refractivity contribution >= 4 is 71.2 Å². The van der Waals surface area contributed by atoms with E-state index in [1.165, 1.54) is 115 Å². The van der Waals surface area contributed by atoms with Crippen LogP contribution < -0.4 is 4.90 Å². The van der Waals surface area contributed by atoms with Crippen LogP contribution in [0.15, 0.2) is 170 Å². The van der Waals surface area contributed by atoms with Crippen molar-refractivity contribution in [1.29, 1.82) is 0 Å². The smallest absolute Gasteiger partial charge is 0.0543 e. The van der Waals surface area contributed by atoms with E-state index >= 15 is 0 Å². The van der Waals surface area contributed by atoms with Crippen molar-refractivity contribution in [2.45, 2.75) is 157 Å². The highest BCUT2D eigenvalue weighted by molar-refractivity contribution is 6.27. The molecule has 0 aliphatic rings. The van der Waals surface area contributed by atoms with Crippen LogP contribution in [0.2, 0.25) is 0 Å². The van der Waals surface area contributed by atoms with Gasteiger partial charge in [-0.3, -0.25) is 0 Å². The molecular weight excluding hydrogens is 941 g/mol. The number of rotatable bonds is 6. The van der Waals surface area contributed by atoms with Gasteiger partial charge >= 0.3 is 0 Å². The lowest BCUT2D eigenvalue weighted by Crippen LogP contribution is -2.17. The number of para-hydroxylation sites is 1. The predicted octanol–water partition coefficient (Wildman–Crippen LogP) is 22.3. The molecule has 11 aromatic rings. The van der Waals surface area contributed by atoms with Gasteiger partial charge in [0.1, 0.15) is 0 Å². The molecule has 0 N–H and O–H groups in total. The summed E-state index contributed by atoms with van der Waals surface area (Å²) in [5, 5.41) is 10.1. The number of nitrogens with zero attached hydrogens (tertiary/aromatic N) is 2. The van der Waals surface area contributed by atoms with E-state index in [9.17, 15) is 0 Å². The molecule has 1 aromatic heterocycles. The quantitative estimate of drug-likeness (QED) is 0.151. The molecule has 0 fully saturated rings. The molecule has 2 nitrogen and oxygen atoms in total. The molecule has 1 heterocycles. The standard InChI is InChI=1S/C76H82N2/c1-71(2,3)52-29-36-66-62(44-52)63-45-53(72(4,5)6)30-37-67(63)78(66)65-35-27-48-24-31-60-64(34-26-47-25-32-61(65)70(48)69(47)60)77(58-22-20-19-21-23-58)68-46-54(73(7,8)9)28-33-59(68)51-38-49(39-55(42-51)74(10,11)12)50-40-56(75(13,14)15)43-57(41-50)76(16,17)18/h19-46H,1-18H3. The number of anilines is 3. The number of fused-ring (bicyclic) bond motifs is 3. The Morgan fingerprint density at radius 2 is 0.718 bits per heavy atom. The maximum atomic E-state index is 2.56. The lowest BCUT2D eigenvalue weighted by Gasteiger charge is -2.32. The third kappa shape index (κ3) is 9.37. The summed E-state index contributed by atoms with van der Waals surface area (Å²) in [6, 6.07) is 66.4. The molecule has 0 radical (unpaired) electrons. The monoisotopic (exact) mass is 1020 g/mol. The third-order valence-corrected chi connectivity index (χ3v) is 16.8. The summed E-state index contributed by atoms with van der Waals surface area (Å²) in [5.74, 6) is 0. The summed E-state index contributed by atoms with van der Waals surface area (Å²) >= 11 is 0. The summed E-state index contributed by atoms with van der Waals surface area (Å²) < 4.78 is 2.54. The second-order valence-corrected chi connectivity index (χ2v) is 28.9. The number of benzene rings is 10. The number of aromatic nitrogens is 1. The first-order valence-electron chi connectivity index (χ1n) is 28.6. The molecule has 0 unspecified atom stereocenters. The first-order valence-corrected chi connectivity index (χ1v) is 28.6. The van der Waals surface area contributed by atoms with Gasteiger partial charge in [-0.05, 0) is 165 Å². The van der Waals surface area contributed by atoms with Crippen molar-refractivity contribution < 1.29 is 0 Å². The van der Waals surface area contributed by atoms with Gasteiger partial charge in [0.2, 0.25) is 0 Å². The van der Waals surface area contributed by atoms with Gasteiger partial charge in [0, 0.05) is 32.8 Å². The molecule has 0 aliphatic heterocycles. The topological polar surface area (TPSA) is 8.17 Å². The van der Waals surface area contributed by atoms with E-state index < -0.39 is 0 Å². The second kappa shape index (κ2) is 18.2. The van der Waals surface area contributed by atoms with E-state index in [1.807, 2.05) is 0 Å².